The van der Waals surface area contributed by atoms with Gasteiger partial charge in [-0.3, -0.25) is 4.79 Å². The number of nitrogens with one attached hydrogen (secondary N) is 2. The lowest BCUT2D eigenvalue weighted by Gasteiger charge is -2.14. The molecule has 25 heavy (non-hydrogen) atoms. The van der Waals surface area contributed by atoms with E-state index in [1.165, 1.54) is 0 Å². The molecule has 2 aromatic rings. The van der Waals surface area contributed by atoms with Crippen LogP contribution in [0.3, 0.4) is 0 Å². The van der Waals surface area contributed by atoms with E-state index in [9.17, 15) is 4.79 Å². The molecule has 0 bridgehead atoms. The molecule has 0 saturated carbocycles. The summed E-state index contributed by atoms with van der Waals surface area (Å²) >= 11 is 5.83. The van der Waals surface area contributed by atoms with Crippen molar-refractivity contribution in [1.82, 2.24) is 0 Å². The van der Waals surface area contributed by atoms with Crippen molar-refractivity contribution < 1.29 is 19.2 Å². The summed E-state index contributed by atoms with van der Waals surface area (Å²) in [4.78, 5) is 13.2. The highest BCUT2D eigenvalue weighted by atomic mass is 35.5. The Bertz CT molecular complexity index is 659. The van der Waals surface area contributed by atoms with E-state index in [0.717, 1.165) is 28.6 Å². The summed E-state index contributed by atoms with van der Waals surface area (Å²) in [7, 11) is 1.96. The molecule has 5 nitrogen and oxygen atoms in total. The minimum Gasteiger partial charge on any atom is -0.494 e. The first-order valence-corrected chi connectivity index (χ1v) is 8.67. The Kier molecular flexibility index (Phi) is 7.57. The first kappa shape index (κ1) is 19.1. The third-order valence-corrected chi connectivity index (χ3v) is 3.77. The first-order chi connectivity index (χ1) is 12.1. The highest BCUT2D eigenvalue weighted by Crippen LogP contribution is 2.16. The molecular formula is C19H24ClN2O3+. The number of ether oxygens (including phenoxy) is 2. The Labute approximate surface area is 153 Å². The molecule has 0 aliphatic carbocycles. The number of hydrogen-bond donors (Lipinski definition) is 2. The minimum atomic E-state index is -0.0341. The summed E-state index contributed by atoms with van der Waals surface area (Å²) in [6.45, 7) is 4.18. The molecule has 6 heteroatoms. The van der Waals surface area contributed by atoms with E-state index >= 15 is 0 Å². The van der Waals surface area contributed by atoms with Gasteiger partial charge in [0.05, 0.1) is 13.7 Å². The predicted octanol–water partition coefficient (Wildman–Crippen LogP) is 2.27. The van der Waals surface area contributed by atoms with Crippen LogP contribution in [0.25, 0.3) is 0 Å². The number of amides is 1. The Morgan fingerprint density at radius 2 is 1.64 bits per heavy atom. The van der Waals surface area contributed by atoms with Gasteiger partial charge in [-0.15, -0.1) is 0 Å². The number of carbonyl (C=O) groups excluding carboxylic acids is 1. The molecule has 1 unspecified atom stereocenters. The van der Waals surface area contributed by atoms with Crippen molar-refractivity contribution in [3.8, 4) is 11.5 Å². The first-order valence-electron chi connectivity index (χ1n) is 8.29. The van der Waals surface area contributed by atoms with Gasteiger partial charge in [-0.05, 0) is 55.5 Å². The molecule has 2 aromatic carbocycles. The molecule has 134 valence electrons. The third-order valence-electron chi connectivity index (χ3n) is 3.52. The summed E-state index contributed by atoms with van der Waals surface area (Å²) in [5.74, 6) is 1.53. The van der Waals surface area contributed by atoms with Crippen LogP contribution in [0.15, 0.2) is 48.5 Å². The van der Waals surface area contributed by atoms with Crippen LogP contribution in [-0.2, 0) is 4.79 Å². The average Bonchev–Trinajstić information content (AvgIpc) is 2.58. The predicted molar refractivity (Wildman–Crippen MR) is 99.8 cm³/mol. The average molecular weight is 364 g/mol. The highest BCUT2D eigenvalue weighted by molar-refractivity contribution is 6.30. The van der Waals surface area contributed by atoms with E-state index in [1.54, 1.807) is 12.1 Å². The van der Waals surface area contributed by atoms with Crippen LogP contribution in [0.5, 0.6) is 11.5 Å². The van der Waals surface area contributed by atoms with E-state index < -0.39 is 0 Å². The topological polar surface area (TPSA) is 52.0 Å². The number of likely N-dealkylation sites (N-methyl/N-ethyl adjacent to an activating group) is 1. The fourth-order valence-corrected chi connectivity index (χ4v) is 2.37. The fourth-order valence-electron chi connectivity index (χ4n) is 2.24. The van der Waals surface area contributed by atoms with Gasteiger partial charge in [0.2, 0.25) is 0 Å². The molecule has 0 fully saturated rings. The lowest BCUT2D eigenvalue weighted by Crippen LogP contribution is -3.10. The van der Waals surface area contributed by atoms with Gasteiger partial charge < -0.3 is 19.7 Å². The van der Waals surface area contributed by atoms with Crippen molar-refractivity contribution in [2.45, 2.75) is 6.92 Å². The zero-order chi connectivity index (χ0) is 18.1. The van der Waals surface area contributed by atoms with Crippen molar-refractivity contribution in [2.24, 2.45) is 0 Å². The molecule has 0 radical (unpaired) electrons. The second-order valence-corrected chi connectivity index (χ2v) is 6.13. The van der Waals surface area contributed by atoms with Crippen LogP contribution >= 0.6 is 11.6 Å². The van der Waals surface area contributed by atoms with Crippen LogP contribution in [-0.4, -0.2) is 39.3 Å². The van der Waals surface area contributed by atoms with Gasteiger partial charge in [0.15, 0.2) is 6.54 Å². The zero-order valence-electron chi connectivity index (χ0n) is 14.5. The number of benzene rings is 2. The summed E-state index contributed by atoms with van der Waals surface area (Å²) in [5.41, 5.74) is 0.763. The van der Waals surface area contributed by atoms with E-state index in [2.05, 4.69) is 5.32 Å². The fraction of sp³-hybridized carbons (Fsp3) is 0.316. The van der Waals surface area contributed by atoms with Crippen molar-refractivity contribution in [3.05, 3.63) is 53.6 Å². The molecule has 0 heterocycles. The Morgan fingerprint density at radius 1 is 1.04 bits per heavy atom. The van der Waals surface area contributed by atoms with Crippen LogP contribution in [0.1, 0.15) is 6.92 Å². The number of halogens is 1. The van der Waals surface area contributed by atoms with Gasteiger partial charge >= 0.3 is 0 Å². The monoisotopic (exact) mass is 363 g/mol. The summed E-state index contributed by atoms with van der Waals surface area (Å²) in [6.07, 6.45) is 0. The maximum atomic E-state index is 12.1. The molecular weight excluding hydrogens is 340 g/mol. The lowest BCUT2D eigenvalue weighted by atomic mass is 10.3. The van der Waals surface area contributed by atoms with E-state index in [1.807, 2.05) is 50.4 Å². The Balaban J connectivity index is 1.69. The minimum absolute atomic E-state index is 0.0341. The molecule has 0 spiro atoms. The van der Waals surface area contributed by atoms with Crippen LogP contribution in [0, 0.1) is 0 Å². The van der Waals surface area contributed by atoms with Gasteiger partial charge in [0, 0.05) is 10.7 Å². The number of rotatable bonds is 9. The normalized spacial score (nSPS) is 11.6. The SMILES string of the molecule is CCOc1ccc(NC(=O)C[NH+](C)CCOc2ccc(Cl)cc2)cc1. The van der Waals surface area contributed by atoms with Gasteiger partial charge in [0.25, 0.3) is 5.91 Å². The third kappa shape index (κ3) is 7.03. The summed E-state index contributed by atoms with van der Waals surface area (Å²) < 4.78 is 11.0. The molecule has 0 aliphatic heterocycles. The van der Waals surface area contributed by atoms with E-state index in [0.29, 0.717) is 24.8 Å². The van der Waals surface area contributed by atoms with Gasteiger partial charge in [-0.25, -0.2) is 0 Å². The van der Waals surface area contributed by atoms with Crippen LogP contribution in [0.4, 0.5) is 5.69 Å². The van der Waals surface area contributed by atoms with Crippen molar-refractivity contribution in [1.29, 1.82) is 0 Å². The molecule has 2 rings (SSSR count). The molecule has 0 saturated heterocycles. The summed E-state index contributed by atoms with van der Waals surface area (Å²) in [6, 6.07) is 14.6. The summed E-state index contributed by atoms with van der Waals surface area (Å²) in [5, 5.41) is 3.57. The Morgan fingerprint density at radius 3 is 2.28 bits per heavy atom. The van der Waals surface area contributed by atoms with Crippen molar-refractivity contribution in [2.75, 3.05) is 38.7 Å². The number of hydrogen-bond acceptors (Lipinski definition) is 3. The molecule has 1 atom stereocenters. The lowest BCUT2D eigenvalue weighted by molar-refractivity contribution is -0.871. The molecule has 2 N–H and O–H groups in total. The maximum Gasteiger partial charge on any atom is 0.279 e. The number of quaternary nitrogens is 1. The molecule has 1 amide bonds. The van der Waals surface area contributed by atoms with Crippen molar-refractivity contribution in [3.63, 3.8) is 0 Å². The van der Waals surface area contributed by atoms with E-state index in [4.69, 9.17) is 21.1 Å². The van der Waals surface area contributed by atoms with Crippen molar-refractivity contribution >= 4 is 23.2 Å². The smallest absolute Gasteiger partial charge is 0.279 e. The van der Waals surface area contributed by atoms with Gasteiger partial charge in [-0.2, -0.15) is 0 Å². The highest BCUT2D eigenvalue weighted by Gasteiger charge is 2.10. The quantitative estimate of drug-likeness (QED) is 0.718. The molecule has 0 aromatic heterocycles. The number of carbonyl (C=O) groups is 1. The van der Waals surface area contributed by atoms with Gasteiger partial charge in [0.1, 0.15) is 24.7 Å². The number of anilines is 1. The van der Waals surface area contributed by atoms with Crippen LogP contribution < -0.4 is 19.7 Å². The van der Waals surface area contributed by atoms with E-state index in [-0.39, 0.29) is 5.91 Å². The standard InChI is InChI=1S/C19H23ClN2O3/c1-3-24-17-10-6-16(7-11-17)21-19(23)14-22(2)12-13-25-18-8-4-15(20)5-9-18/h4-11H,3,12-14H2,1-2H3,(H,21,23)/p+1. The Hall–Kier alpha value is -2.24. The second kappa shape index (κ2) is 9.91. The largest absolute Gasteiger partial charge is 0.494 e. The molecule has 0 aliphatic rings. The van der Waals surface area contributed by atoms with Crippen LogP contribution in [0.2, 0.25) is 5.02 Å². The van der Waals surface area contributed by atoms with Gasteiger partial charge in [-0.1, -0.05) is 11.6 Å². The maximum absolute atomic E-state index is 12.1. The zero-order valence-corrected chi connectivity index (χ0v) is 15.3. The second-order valence-electron chi connectivity index (χ2n) is 5.69.